The lowest BCUT2D eigenvalue weighted by Gasteiger charge is -2.20. The van der Waals surface area contributed by atoms with Crippen LogP contribution >= 0.6 is 0 Å². The summed E-state index contributed by atoms with van der Waals surface area (Å²) in [7, 11) is -2.41. The van der Waals surface area contributed by atoms with Gasteiger partial charge in [-0.2, -0.15) is 4.31 Å². The third-order valence-electron chi connectivity index (χ3n) is 4.24. The molecule has 1 N–H and O–H groups in total. The number of methoxy groups -OCH3 is 1. The van der Waals surface area contributed by atoms with Crippen LogP contribution < -0.4 is 10.1 Å². The van der Waals surface area contributed by atoms with Gasteiger partial charge in [0, 0.05) is 30.1 Å². The highest BCUT2D eigenvalue weighted by molar-refractivity contribution is 7.89. The highest BCUT2D eigenvalue weighted by Gasteiger charge is 2.27. The van der Waals surface area contributed by atoms with Crippen LogP contribution in [0.4, 0.5) is 5.82 Å². The Bertz CT molecular complexity index is 941. The smallest absolute Gasteiger partial charge is 0.256 e. The fourth-order valence-corrected chi connectivity index (χ4v) is 4.24. The summed E-state index contributed by atoms with van der Waals surface area (Å²) < 4.78 is 37.6. The molecule has 28 heavy (non-hydrogen) atoms. The molecule has 9 heteroatoms. The number of amides is 1. The van der Waals surface area contributed by atoms with E-state index in [1.54, 1.807) is 19.9 Å². The second-order valence-electron chi connectivity index (χ2n) is 7.24. The number of sulfonamides is 1. The molecule has 0 unspecified atom stereocenters. The van der Waals surface area contributed by atoms with Crippen molar-refractivity contribution in [3.63, 3.8) is 0 Å². The van der Waals surface area contributed by atoms with Crippen molar-refractivity contribution in [3.8, 4) is 5.75 Å². The van der Waals surface area contributed by atoms with E-state index in [0.717, 1.165) is 0 Å². The van der Waals surface area contributed by atoms with Crippen LogP contribution in [-0.2, 0) is 15.4 Å². The maximum Gasteiger partial charge on any atom is 0.256 e. The van der Waals surface area contributed by atoms with E-state index in [9.17, 15) is 13.2 Å². The molecule has 0 saturated heterocycles. The molecule has 0 aliphatic carbocycles. The molecule has 0 aliphatic heterocycles. The molecule has 0 aliphatic rings. The number of nitrogens with zero attached hydrogens (tertiary/aromatic N) is 2. The number of rotatable bonds is 7. The summed E-state index contributed by atoms with van der Waals surface area (Å²) in [4.78, 5) is 12.6. The van der Waals surface area contributed by atoms with Crippen LogP contribution in [0, 0.1) is 0 Å². The topological polar surface area (TPSA) is 102 Å². The number of hydrogen-bond donors (Lipinski definition) is 1. The van der Waals surface area contributed by atoms with Gasteiger partial charge in [0.05, 0.1) is 7.11 Å². The van der Waals surface area contributed by atoms with Crippen LogP contribution in [-0.4, -0.2) is 44.0 Å². The highest BCUT2D eigenvalue weighted by Crippen LogP contribution is 2.29. The van der Waals surface area contributed by atoms with Crippen molar-refractivity contribution in [2.45, 2.75) is 44.9 Å². The molecule has 2 aromatic rings. The number of ether oxygens (including phenoxy) is 1. The van der Waals surface area contributed by atoms with Crippen LogP contribution in [0.1, 0.15) is 50.7 Å². The molecule has 1 heterocycles. The van der Waals surface area contributed by atoms with Crippen molar-refractivity contribution in [2.75, 3.05) is 25.5 Å². The summed E-state index contributed by atoms with van der Waals surface area (Å²) >= 11 is 0. The Morgan fingerprint density at radius 2 is 1.86 bits per heavy atom. The standard InChI is InChI=1S/C19H27N3O5S/c1-7-22(8-2)28(24,25)15-11-13(9-10-14(15)26-6)18(23)20-17-12-16(27-21-17)19(3,4)5/h9-12H,7-8H2,1-6H3,(H,20,21,23). The lowest BCUT2D eigenvalue weighted by atomic mass is 9.93. The fraction of sp³-hybridized carbons (Fsp3) is 0.474. The first-order chi connectivity index (χ1) is 13.0. The van der Waals surface area contributed by atoms with Crippen LogP contribution in [0.5, 0.6) is 5.75 Å². The van der Waals surface area contributed by atoms with Crippen LogP contribution in [0.15, 0.2) is 33.7 Å². The number of anilines is 1. The Balaban J connectivity index is 2.36. The Morgan fingerprint density at radius 3 is 2.36 bits per heavy atom. The molecule has 154 valence electrons. The lowest BCUT2D eigenvalue weighted by Crippen LogP contribution is -2.31. The number of benzene rings is 1. The summed E-state index contributed by atoms with van der Waals surface area (Å²) in [6.45, 7) is 10.0. The summed E-state index contributed by atoms with van der Waals surface area (Å²) in [5.41, 5.74) is -0.0759. The van der Waals surface area contributed by atoms with E-state index in [1.165, 1.54) is 29.6 Å². The first-order valence-corrected chi connectivity index (χ1v) is 10.4. The van der Waals surface area contributed by atoms with Gasteiger partial charge in [-0.25, -0.2) is 8.42 Å². The van der Waals surface area contributed by atoms with Gasteiger partial charge in [-0.05, 0) is 18.2 Å². The minimum atomic E-state index is -3.79. The van der Waals surface area contributed by atoms with Gasteiger partial charge in [0.2, 0.25) is 10.0 Å². The minimum Gasteiger partial charge on any atom is -0.495 e. The van der Waals surface area contributed by atoms with E-state index < -0.39 is 15.9 Å². The molecule has 8 nitrogen and oxygen atoms in total. The SMILES string of the molecule is CCN(CC)S(=O)(=O)c1cc(C(=O)Nc2cc(C(C)(C)C)on2)ccc1OC. The Morgan fingerprint density at radius 1 is 1.21 bits per heavy atom. The van der Waals surface area contributed by atoms with Crippen molar-refractivity contribution < 1.29 is 22.5 Å². The molecule has 0 radical (unpaired) electrons. The summed E-state index contributed by atoms with van der Waals surface area (Å²) in [6, 6.07) is 5.93. The lowest BCUT2D eigenvalue weighted by molar-refractivity contribution is 0.102. The quantitative estimate of drug-likeness (QED) is 0.753. The molecule has 0 bridgehead atoms. The zero-order valence-corrected chi connectivity index (χ0v) is 17.9. The number of hydrogen-bond acceptors (Lipinski definition) is 6. The molecule has 2 rings (SSSR count). The maximum absolute atomic E-state index is 12.9. The molecular weight excluding hydrogens is 382 g/mol. The van der Waals surface area contributed by atoms with Gasteiger partial charge < -0.3 is 14.6 Å². The molecule has 0 spiro atoms. The summed E-state index contributed by atoms with van der Waals surface area (Å²) in [6.07, 6.45) is 0. The number of nitrogens with one attached hydrogen (secondary N) is 1. The Kier molecular flexibility index (Phi) is 6.51. The maximum atomic E-state index is 12.9. The van der Waals surface area contributed by atoms with Gasteiger partial charge in [-0.3, -0.25) is 4.79 Å². The van der Waals surface area contributed by atoms with E-state index in [1.807, 2.05) is 20.8 Å². The van der Waals surface area contributed by atoms with Gasteiger partial charge in [0.15, 0.2) is 5.82 Å². The van der Waals surface area contributed by atoms with Gasteiger partial charge >= 0.3 is 0 Å². The average molecular weight is 410 g/mol. The normalized spacial score (nSPS) is 12.2. The van der Waals surface area contributed by atoms with Gasteiger partial charge in [-0.15, -0.1) is 0 Å². The molecular formula is C19H27N3O5S. The van der Waals surface area contributed by atoms with Gasteiger partial charge in [0.1, 0.15) is 16.4 Å². The third-order valence-corrected chi connectivity index (χ3v) is 6.31. The zero-order valence-electron chi connectivity index (χ0n) is 17.1. The predicted molar refractivity (Wildman–Crippen MR) is 106 cm³/mol. The summed E-state index contributed by atoms with van der Waals surface area (Å²) in [5, 5.41) is 6.48. The molecule has 1 aromatic carbocycles. The van der Waals surface area contributed by atoms with Crippen molar-refractivity contribution in [3.05, 3.63) is 35.6 Å². The minimum absolute atomic E-state index is 0.0538. The molecule has 1 amide bonds. The van der Waals surface area contributed by atoms with E-state index in [-0.39, 0.29) is 27.4 Å². The first kappa shape index (κ1) is 21.9. The number of aromatic nitrogens is 1. The highest BCUT2D eigenvalue weighted by atomic mass is 32.2. The van der Waals surface area contributed by atoms with Gasteiger partial charge in [0.25, 0.3) is 5.91 Å². The van der Waals surface area contributed by atoms with Crippen LogP contribution in [0.2, 0.25) is 0 Å². The number of carbonyl (C=O) groups is 1. The average Bonchev–Trinajstić information content (AvgIpc) is 3.10. The monoisotopic (exact) mass is 409 g/mol. The zero-order chi connectivity index (χ0) is 21.1. The van der Waals surface area contributed by atoms with E-state index in [4.69, 9.17) is 9.26 Å². The first-order valence-electron chi connectivity index (χ1n) is 9.01. The van der Waals surface area contributed by atoms with Crippen molar-refractivity contribution in [1.29, 1.82) is 0 Å². The molecule has 1 aromatic heterocycles. The van der Waals surface area contributed by atoms with Crippen molar-refractivity contribution in [1.82, 2.24) is 9.46 Å². The predicted octanol–water partition coefficient (Wildman–Crippen LogP) is 3.26. The largest absolute Gasteiger partial charge is 0.495 e. The molecule has 0 fully saturated rings. The van der Waals surface area contributed by atoms with Crippen LogP contribution in [0.3, 0.4) is 0 Å². The van der Waals surface area contributed by atoms with E-state index in [2.05, 4.69) is 10.5 Å². The Labute approximate surface area is 165 Å². The van der Waals surface area contributed by atoms with Gasteiger partial charge in [-0.1, -0.05) is 39.8 Å². The van der Waals surface area contributed by atoms with E-state index >= 15 is 0 Å². The summed E-state index contributed by atoms with van der Waals surface area (Å²) in [5.74, 6) is 0.577. The molecule has 0 atom stereocenters. The van der Waals surface area contributed by atoms with Crippen LogP contribution in [0.25, 0.3) is 0 Å². The third kappa shape index (κ3) is 4.53. The number of carbonyl (C=O) groups excluding carboxylic acids is 1. The van der Waals surface area contributed by atoms with E-state index in [0.29, 0.717) is 18.8 Å². The Hall–Kier alpha value is -2.39. The molecule has 0 saturated carbocycles. The fourth-order valence-electron chi connectivity index (χ4n) is 2.60. The second-order valence-corrected chi connectivity index (χ2v) is 9.14. The second kappa shape index (κ2) is 8.32. The van der Waals surface area contributed by atoms with Crippen molar-refractivity contribution >= 4 is 21.7 Å². The van der Waals surface area contributed by atoms with Crippen molar-refractivity contribution in [2.24, 2.45) is 0 Å².